The topological polar surface area (TPSA) is 101 Å². The van der Waals surface area contributed by atoms with E-state index >= 15 is 0 Å². The van der Waals surface area contributed by atoms with Gasteiger partial charge in [0.05, 0.1) is 6.54 Å². The van der Waals surface area contributed by atoms with E-state index in [2.05, 4.69) is 15.1 Å². The summed E-state index contributed by atoms with van der Waals surface area (Å²) in [5.41, 5.74) is 0. The summed E-state index contributed by atoms with van der Waals surface area (Å²) in [6, 6.07) is 0. The molecule has 1 atom stereocenters. The number of rotatable bonds is 16. The number of hydrogen-bond acceptors (Lipinski definition) is 7. The fourth-order valence-electron chi connectivity index (χ4n) is 2.95. The van der Waals surface area contributed by atoms with Gasteiger partial charge in [0.25, 0.3) is 0 Å². The van der Waals surface area contributed by atoms with Crippen LogP contribution in [-0.4, -0.2) is 106 Å². The van der Waals surface area contributed by atoms with Crippen LogP contribution in [-0.2, 0) is 23.8 Å². The molecule has 0 radical (unpaired) electrons. The number of methoxy groups -OCH3 is 1. The highest BCUT2D eigenvalue weighted by molar-refractivity contribution is 5.77. The molecule has 1 fully saturated rings. The van der Waals surface area contributed by atoms with Gasteiger partial charge in [-0.15, -0.1) is 0 Å². The number of ether oxygens (including phenoxy) is 3. The number of aliphatic carboxylic acids is 1. The summed E-state index contributed by atoms with van der Waals surface area (Å²) in [4.78, 5) is 26.7. The van der Waals surface area contributed by atoms with Crippen molar-refractivity contribution >= 4 is 11.9 Å². The average molecular weight is 404 g/mol. The predicted octanol–water partition coefficient (Wildman–Crippen LogP) is 0.391. The van der Waals surface area contributed by atoms with Crippen molar-refractivity contribution < 1.29 is 28.9 Å². The van der Waals surface area contributed by atoms with E-state index in [-0.39, 0.29) is 18.7 Å². The molecule has 0 aromatic rings. The number of amides is 1. The zero-order valence-corrected chi connectivity index (χ0v) is 17.4. The van der Waals surface area contributed by atoms with Crippen LogP contribution >= 0.6 is 0 Å². The second-order valence-electron chi connectivity index (χ2n) is 6.97. The molecule has 0 saturated carbocycles. The maximum Gasteiger partial charge on any atom is 0.329 e. The number of carbonyl (C=O) groups excluding carboxylic acids is 1. The monoisotopic (exact) mass is 403 g/mol. The Morgan fingerprint density at radius 2 is 1.68 bits per heavy atom. The van der Waals surface area contributed by atoms with Crippen LogP contribution in [0, 0.1) is 0 Å². The molecule has 164 valence electrons. The fraction of sp³-hybridized carbons (Fsp3) is 0.895. The van der Waals surface area contributed by atoms with E-state index in [9.17, 15) is 9.59 Å². The second kappa shape index (κ2) is 15.6. The zero-order valence-electron chi connectivity index (χ0n) is 17.4. The number of nitrogens with zero attached hydrogens (tertiary/aromatic N) is 2. The third kappa shape index (κ3) is 12.2. The molecule has 28 heavy (non-hydrogen) atoms. The number of carboxylic acid groups (broad SMARTS) is 1. The van der Waals surface area contributed by atoms with Crippen LogP contribution in [0.25, 0.3) is 0 Å². The van der Waals surface area contributed by atoms with Gasteiger partial charge in [-0.1, -0.05) is 0 Å². The Morgan fingerprint density at radius 1 is 1.00 bits per heavy atom. The smallest absolute Gasteiger partial charge is 0.329 e. The first-order chi connectivity index (χ1) is 13.5. The summed E-state index contributed by atoms with van der Waals surface area (Å²) in [7, 11) is 1.72. The van der Waals surface area contributed by atoms with Crippen molar-refractivity contribution in [3.63, 3.8) is 0 Å². The summed E-state index contributed by atoms with van der Waals surface area (Å²) in [6.07, 6.45) is 3.72. The molecular weight excluding hydrogens is 366 g/mol. The molecule has 1 amide bonds. The predicted molar refractivity (Wildman–Crippen MR) is 105 cm³/mol. The largest absolute Gasteiger partial charge is 0.480 e. The van der Waals surface area contributed by atoms with E-state index in [1.165, 1.54) is 0 Å². The second-order valence-corrected chi connectivity index (χ2v) is 6.97. The lowest BCUT2D eigenvalue weighted by molar-refractivity contribution is -0.142. The van der Waals surface area contributed by atoms with Gasteiger partial charge >= 0.3 is 5.97 Å². The van der Waals surface area contributed by atoms with Gasteiger partial charge in [0.1, 0.15) is 12.8 Å². The molecule has 2 N–H and O–H groups in total. The Kier molecular flexibility index (Phi) is 13.8. The van der Waals surface area contributed by atoms with Crippen molar-refractivity contribution in [2.45, 2.75) is 38.8 Å². The first-order valence-corrected chi connectivity index (χ1v) is 10.2. The summed E-state index contributed by atoms with van der Waals surface area (Å²) >= 11 is 0. The van der Waals surface area contributed by atoms with Crippen molar-refractivity contribution in [1.82, 2.24) is 15.1 Å². The molecule has 1 saturated heterocycles. The van der Waals surface area contributed by atoms with Gasteiger partial charge in [0.15, 0.2) is 0 Å². The Bertz CT molecular complexity index is 430. The van der Waals surface area contributed by atoms with E-state index in [1.807, 2.05) is 6.92 Å². The van der Waals surface area contributed by atoms with Crippen LogP contribution < -0.4 is 5.32 Å². The Morgan fingerprint density at radius 3 is 2.36 bits per heavy atom. The number of hydrogen-bond donors (Lipinski definition) is 2. The summed E-state index contributed by atoms with van der Waals surface area (Å²) < 4.78 is 15.7. The molecule has 1 heterocycles. The molecule has 0 bridgehead atoms. The van der Waals surface area contributed by atoms with E-state index in [4.69, 9.17) is 19.3 Å². The Hall–Kier alpha value is -1.26. The molecule has 1 aliphatic rings. The van der Waals surface area contributed by atoms with Gasteiger partial charge < -0.3 is 24.6 Å². The van der Waals surface area contributed by atoms with E-state index in [0.29, 0.717) is 39.3 Å². The maximum atomic E-state index is 12.0. The highest BCUT2D eigenvalue weighted by Gasteiger charge is 2.21. The lowest BCUT2D eigenvalue weighted by Gasteiger charge is -2.36. The van der Waals surface area contributed by atoms with Crippen molar-refractivity contribution in [2.24, 2.45) is 0 Å². The number of carbonyl (C=O) groups is 2. The van der Waals surface area contributed by atoms with Crippen LogP contribution in [0.1, 0.15) is 32.6 Å². The van der Waals surface area contributed by atoms with Crippen molar-refractivity contribution in [1.29, 1.82) is 0 Å². The van der Waals surface area contributed by atoms with Crippen LogP contribution in [0.15, 0.2) is 0 Å². The molecule has 0 aromatic carbocycles. The first kappa shape index (κ1) is 24.8. The maximum absolute atomic E-state index is 12.0. The SMILES string of the molecule is COC(C)N1CCN(CC(=O)NCCCCCOCCCOCC(=O)O)CC1. The third-order valence-corrected chi connectivity index (χ3v) is 4.72. The Labute approximate surface area is 168 Å². The molecule has 1 rings (SSSR count). The highest BCUT2D eigenvalue weighted by Crippen LogP contribution is 2.06. The van der Waals surface area contributed by atoms with Gasteiger partial charge in [-0.2, -0.15) is 0 Å². The van der Waals surface area contributed by atoms with Crippen molar-refractivity contribution in [3.05, 3.63) is 0 Å². The van der Waals surface area contributed by atoms with Gasteiger partial charge in [-0.25, -0.2) is 4.79 Å². The molecule has 1 aliphatic heterocycles. The molecule has 9 heteroatoms. The molecule has 1 unspecified atom stereocenters. The van der Waals surface area contributed by atoms with Crippen molar-refractivity contribution in [3.8, 4) is 0 Å². The van der Waals surface area contributed by atoms with Gasteiger partial charge in [0.2, 0.25) is 5.91 Å². The molecule has 0 aromatic heterocycles. The van der Waals surface area contributed by atoms with Crippen LogP contribution in [0.2, 0.25) is 0 Å². The quantitative estimate of drug-likeness (QED) is 0.357. The number of carboxylic acids is 1. The lowest BCUT2D eigenvalue weighted by Crippen LogP contribution is -2.52. The van der Waals surface area contributed by atoms with Gasteiger partial charge in [-0.3, -0.25) is 14.6 Å². The average Bonchev–Trinajstić information content (AvgIpc) is 2.68. The minimum Gasteiger partial charge on any atom is -0.480 e. The normalized spacial score (nSPS) is 16.8. The summed E-state index contributed by atoms with van der Waals surface area (Å²) in [6.45, 7) is 8.23. The van der Waals surface area contributed by atoms with E-state index < -0.39 is 5.97 Å². The molecule has 0 spiro atoms. The standard InChI is InChI=1S/C19H37N3O6/c1-17(26-2)22-10-8-21(9-11-22)15-18(23)20-7-4-3-5-12-27-13-6-14-28-16-19(24)25/h17H,3-16H2,1-2H3,(H,20,23)(H,24,25). The van der Waals surface area contributed by atoms with Crippen LogP contribution in [0.4, 0.5) is 0 Å². The molecular formula is C19H37N3O6. The first-order valence-electron chi connectivity index (χ1n) is 10.2. The summed E-state index contributed by atoms with van der Waals surface area (Å²) in [5.74, 6) is -0.863. The molecule has 0 aliphatic carbocycles. The van der Waals surface area contributed by atoms with Crippen molar-refractivity contribution in [2.75, 3.05) is 72.8 Å². The Balaban J connectivity index is 1.88. The third-order valence-electron chi connectivity index (χ3n) is 4.72. The highest BCUT2D eigenvalue weighted by atomic mass is 16.5. The summed E-state index contributed by atoms with van der Waals surface area (Å²) in [5, 5.41) is 11.4. The van der Waals surface area contributed by atoms with Crippen LogP contribution in [0.3, 0.4) is 0 Å². The van der Waals surface area contributed by atoms with E-state index in [0.717, 1.165) is 45.4 Å². The number of unbranched alkanes of at least 4 members (excludes halogenated alkanes) is 2. The minimum atomic E-state index is -0.952. The fourth-order valence-corrected chi connectivity index (χ4v) is 2.95. The number of piperazine rings is 1. The van der Waals surface area contributed by atoms with E-state index in [1.54, 1.807) is 7.11 Å². The lowest BCUT2D eigenvalue weighted by atomic mass is 10.2. The minimum absolute atomic E-state index is 0.0888. The zero-order chi connectivity index (χ0) is 20.6. The van der Waals surface area contributed by atoms with Gasteiger partial charge in [0, 0.05) is 59.7 Å². The van der Waals surface area contributed by atoms with Crippen LogP contribution in [0.5, 0.6) is 0 Å². The van der Waals surface area contributed by atoms with Gasteiger partial charge in [-0.05, 0) is 32.6 Å². The number of nitrogens with one attached hydrogen (secondary N) is 1. The molecule has 9 nitrogen and oxygen atoms in total.